The van der Waals surface area contributed by atoms with Crippen molar-refractivity contribution < 1.29 is 17.6 Å². The standard InChI is InChI=1S/C18H26F4N4.HI/c1-2-23-18(24-8-5-13-3-4-14(19)11-16(13)20)25-15-6-9-26(10-7-15)12-17(21)22;/h3-4,11,15,17H,2,5-10,12H2,1H3,(H2,23,24,25);1H. The Balaban J connectivity index is 0.00000364. The van der Waals surface area contributed by atoms with Gasteiger partial charge in [-0.25, -0.2) is 17.6 Å². The van der Waals surface area contributed by atoms with Crippen LogP contribution in [0.25, 0.3) is 0 Å². The molecule has 4 nitrogen and oxygen atoms in total. The fourth-order valence-electron chi connectivity index (χ4n) is 2.98. The molecule has 1 heterocycles. The summed E-state index contributed by atoms with van der Waals surface area (Å²) < 4.78 is 51.4. The Labute approximate surface area is 174 Å². The molecular formula is C18H27F4IN4. The highest BCUT2D eigenvalue weighted by molar-refractivity contribution is 14.0. The van der Waals surface area contributed by atoms with Gasteiger partial charge in [0.15, 0.2) is 5.96 Å². The Morgan fingerprint density at radius 2 is 1.96 bits per heavy atom. The molecule has 0 amide bonds. The molecule has 154 valence electrons. The molecule has 0 atom stereocenters. The number of rotatable bonds is 7. The van der Waals surface area contributed by atoms with Crippen LogP contribution in [0.15, 0.2) is 23.2 Å². The van der Waals surface area contributed by atoms with Crippen molar-refractivity contribution in [3.8, 4) is 0 Å². The van der Waals surface area contributed by atoms with E-state index in [0.29, 0.717) is 44.1 Å². The van der Waals surface area contributed by atoms with Crippen molar-refractivity contribution in [2.75, 3.05) is 32.7 Å². The number of halogens is 5. The summed E-state index contributed by atoms with van der Waals surface area (Å²) in [5.41, 5.74) is 0.423. The maximum absolute atomic E-state index is 13.6. The monoisotopic (exact) mass is 502 g/mol. The highest BCUT2D eigenvalue weighted by Crippen LogP contribution is 2.12. The van der Waals surface area contributed by atoms with E-state index in [9.17, 15) is 17.6 Å². The van der Waals surface area contributed by atoms with Gasteiger partial charge in [-0.3, -0.25) is 9.89 Å². The van der Waals surface area contributed by atoms with E-state index in [4.69, 9.17) is 0 Å². The van der Waals surface area contributed by atoms with Gasteiger partial charge in [0, 0.05) is 38.3 Å². The number of piperidine rings is 1. The second kappa shape index (κ2) is 12.4. The molecule has 1 aromatic rings. The topological polar surface area (TPSA) is 39.7 Å². The predicted octanol–water partition coefficient (Wildman–Crippen LogP) is 3.41. The molecule has 1 saturated heterocycles. The molecule has 0 bridgehead atoms. The van der Waals surface area contributed by atoms with Crippen molar-refractivity contribution in [1.82, 2.24) is 15.5 Å². The van der Waals surface area contributed by atoms with Gasteiger partial charge >= 0.3 is 0 Å². The first-order valence-corrected chi connectivity index (χ1v) is 8.97. The summed E-state index contributed by atoms with van der Waals surface area (Å²) in [4.78, 5) is 6.20. The van der Waals surface area contributed by atoms with Gasteiger partial charge in [-0.05, 0) is 37.8 Å². The lowest BCUT2D eigenvalue weighted by Gasteiger charge is -2.32. The third kappa shape index (κ3) is 8.63. The van der Waals surface area contributed by atoms with Gasteiger partial charge in [-0.15, -0.1) is 24.0 Å². The molecular weight excluding hydrogens is 475 g/mol. The van der Waals surface area contributed by atoms with Crippen LogP contribution in [0.2, 0.25) is 0 Å². The minimum absolute atomic E-state index is 0. The van der Waals surface area contributed by atoms with E-state index >= 15 is 0 Å². The second-order valence-electron chi connectivity index (χ2n) is 6.36. The molecule has 0 unspecified atom stereocenters. The van der Waals surface area contributed by atoms with Crippen LogP contribution in [0.5, 0.6) is 0 Å². The number of nitrogens with zero attached hydrogens (tertiary/aromatic N) is 2. The number of hydrogen-bond donors (Lipinski definition) is 2. The van der Waals surface area contributed by atoms with Crippen LogP contribution >= 0.6 is 24.0 Å². The molecule has 0 radical (unpaired) electrons. The second-order valence-corrected chi connectivity index (χ2v) is 6.36. The van der Waals surface area contributed by atoms with Crippen molar-refractivity contribution in [3.63, 3.8) is 0 Å². The Kier molecular flexibility index (Phi) is 11.0. The Morgan fingerprint density at radius 1 is 1.26 bits per heavy atom. The minimum Gasteiger partial charge on any atom is -0.357 e. The molecule has 0 spiro atoms. The lowest BCUT2D eigenvalue weighted by atomic mass is 10.1. The van der Waals surface area contributed by atoms with E-state index in [1.807, 2.05) is 6.92 Å². The summed E-state index contributed by atoms with van der Waals surface area (Å²) in [5.74, 6) is -0.533. The summed E-state index contributed by atoms with van der Waals surface area (Å²) in [6.07, 6.45) is -0.395. The van der Waals surface area contributed by atoms with Gasteiger partial charge in [0.1, 0.15) is 11.6 Å². The van der Waals surface area contributed by atoms with Crippen molar-refractivity contribution in [3.05, 3.63) is 35.4 Å². The molecule has 0 saturated carbocycles. The highest BCUT2D eigenvalue weighted by Gasteiger charge is 2.21. The van der Waals surface area contributed by atoms with Gasteiger partial charge in [0.25, 0.3) is 6.43 Å². The Bertz CT molecular complexity index is 593. The summed E-state index contributed by atoms with van der Waals surface area (Å²) >= 11 is 0. The first kappa shape index (κ1) is 23.9. The fraction of sp³-hybridized carbons (Fsp3) is 0.611. The zero-order chi connectivity index (χ0) is 18.9. The molecule has 9 heteroatoms. The average Bonchev–Trinajstić information content (AvgIpc) is 2.58. The third-order valence-electron chi connectivity index (χ3n) is 4.34. The zero-order valence-corrected chi connectivity index (χ0v) is 17.7. The van der Waals surface area contributed by atoms with Crippen LogP contribution in [0.1, 0.15) is 25.3 Å². The maximum atomic E-state index is 13.6. The number of nitrogens with one attached hydrogen (secondary N) is 2. The normalized spacial score (nSPS) is 16.3. The number of likely N-dealkylation sites (tertiary alicyclic amines) is 1. The van der Waals surface area contributed by atoms with Gasteiger partial charge in [-0.2, -0.15) is 0 Å². The molecule has 0 aromatic heterocycles. The van der Waals surface area contributed by atoms with Crippen LogP contribution in [0.3, 0.4) is 0 Å². The molecule has 1 fully saturated rings. The van der Waals surface area contributed by atoms with E-state index in [2.05, 4.69) is 15.6 Å². The smallest absolute Gasteiger partial charge is 0.251 e. The molecule has 27 heavy (non-hydrogen) atoms. The van der Waals surface area contributed by atoms with Crippen LogP contribution in [-0.4, -0.2) is 56.1 Å². The van der Waals surface area contributed by atoms with Gasteiger partial charge in [0.2, 0.25) is 0 Å². The number of guanidine groups is 1. The Hall–Kier alpha value is -1.10. The third-order valence-corrected chi connectivity index (χ3v) is 4.34. The maximum Gasteiger partial charge on any atom is 0.251 e. The van der Waals surface area contributed by atoms with E-state index in [0.717, 1.165) is 18.9 Å². The molecule has 2 rings (SSSR count). The van der Waals surface area contributed by atoms with Crippen molar-refractivity contribution >= 4 is 29.9 Å². The van der Waals surface area contributed by atoms with E-state index in [-0.39, 0.29) is 36.6 Å². The van der Waals surface area contributed by atoms with Crippen LogP contribution in [-0.2, 0) is 6.42 Å². The first-order valence-electron chi connectivity index (χ1n) is 8.97. The van der Waals surface area contributed by atoms with Crippen LogP contribution in [0, 0.1) is 11.6 Å². The van der Waals surface area contributed by atoms with E-state index < -0.39 is 18.1 Å². The number of benzene rings is 1. The molecule has 2 N–H and O–H groups in total. The van der Waals surface area contributed by atoms with Crippen LogP contribution < -0.4 is 10.6 Å². The lowest BCUT2D eigenvalue weighted by molar-refractivity contribution is 0.0744. The van der Waals surface area contributed by atoms with Gasteiger partial charge in [-0.1, -0.05) is 6.07 Å². The number of alkyl halides is 2. The summed E-state index contributed by atoms with van der Waals surface area (Å²) in [6, 6.07) is 3.71. The van der Waals surface area contributed by atoms with E-state index in [1.165, 1.54) is 12.1 Å². The minimum atomic E-state index is -2.30. The largest absolute Gasteiger partial charge is 0.357 e. The van der Waals surface area contributed by atoms with Gasteiger partial charge in [0.05, 0.1) is 6.54 Å². The quantitative estimate of drug-likeness (QED) is 0.260. The number of aliphatic imine (C=N–C) groups is 1. The van der Waals surface area contributed by atoms with Crippen LogP contribution in [0.4, 0.5) is 17.6 Å². The predicted molar refractivity (Wildman–Crippen MR) is 110 cm³/mol. The van der Waals surface area contributed by atoms with Crippen molar-refractivity contribution in [2.45, 2.75) is 38.7 Å². The summed E-state index contributed by atoms with van der Waals surface area (Å²) in [5, 5.41) is 6.45. The highest BCUT2D eigenvalue weighted by atomic mass is 127. The molecule has 1 aliphatic heterocycles. The molecule has 1 aromatic carbocycles. The van der Waals surface area contributed by atoms with Gasteiger partial charge < -0.3 is 10.6 Å². The molecule has 1 aliphatic rings. The summed E-state index contributed by atoms with van der Waals surface area (Å²) in [6.45, 7) is 4.07. The van der Waals surface area contributed by atoms with Crippen molar-refractivity contribution in [2.24, 2.45) is 4.99 Å². The average molecular weight is 502 g/mol. The fourth-order valence-corrected chi connectivity index (χ4v) is 2.98. The molecule has 0 aliphatic carbocycles. The summed E-state index contributed by atoms with van der Waals surface area (Å²) in [7, 11) is 0. The Morgan fingerprint density at radius 3 is 2.56 bits per heavy atom. The number of hydrogen-bond acceptors (Lipinski definition) is 2. The zero-order valence-electron chi connectivity index (χ0n) is 15.4. The first-order chi connectivity index (χ1) is 12.5. The van der Waals surface area contributed by atoms with E-state index in [1.54, 1.807) is 4.90 Å². The SMILES string of the molecule is CCNC(=NCCc1ccc(F)cc1F)NC1CCN(CC(F)F)CC1.I. The van der Waals surface area contributed by atoms with Crippen molar-refractivity contribution in [1.29, 1.82) is 0 Å². The lowest BCUT2D eigenvalue weighted by Crippen LogP contribution is -2.49.